The molecule has 1 aliphatic heterocycles. The summed E-state index contributed by atoms with van der Waals surface area (Å²) in [5.74, 6) is -3.11. The lowest BCUT2D eigenvalue weighted by Crippen LogP contribution is -2.41. The van der Waals surface area contributed by atoms with Gasteiger partial charge in [0, 0.05) is 24.4 Å². The van der Waals surface area contributed by atoms with Crippen molar-refractivity contribution >= 4 is 39.6 Å². The van der Waals surface area contributed by atoms with Crippen LogP contribution in [0.2, 0.25) is 0 Å². The Morgan fingerprint density at radius 2 is 1.81 bits per heavy atom. The van der Waals surface area contributed by atoms with Crippen molar-refractivity contribution in [3.8, 4) is 0 Å². The van der Waals surface area contributed by atoms with E-state index in [1.807, 2.05) is 0 Å². The summed E-state index contributed by atoms with van der Waals surface area (Å²) in [6.07, 6.45) is 1.09. The Morgan fingerprint density at radius 1 is 1.24 bits per heavy atom. The van der Waals surface area contributed by atoms with Crippen LogP contribution in [0.15, 0.2) is 28.2 Å². The largest absolute Gasteiger partial charge is 0.419 e. The van der Waals surface area contributed by atoms with E-state index in [4.69, 9.17) is 9.47 Å². The van der Waals surface area contributed by atoms with E-state index < -0.39 is 22.6 Å². The second-order valence-electron chi connectivity index (χ2n) is 4.70. The van der Waals surface area contributed by atoms with Gasteiger partial charge in [0.2, 0.25) is 0 Å². The van der Waals surface area contributed by atoms with Gasteiger partial charge in [0.25, 0.3) is 11.5 Å². The number of carbonyl (C=O) groups is 2. The predicted octanol–water partition coefficient (Wildman–Crippen LogP) is 2.58. The Bertz CT molecular complexity index is 657. The van der Waals surface area contributed by atoms with Gasteiger partial charge >= 0.3 is 11.9 Å². The van der Waals surface area contributed by atoms with Crippen LogP contribution in [0.5, 0.6) is 0 Å². The molecule has 0 aliphatic carbocycles. The van der Waals surface area contributed by atoms with Gasteiger partial charge in [-0.1, -0.05) is 15.9 Å². The molecule has 110 valence electrons. The zero-order chi connectivity index (χ0) is 15.8. The minimum atomic E-state index is -1.35. The molecule has 2 rings (SSSR count). The van der Waals surface area contributed by atoms with Gasteiger partial charge < -0.3 is 9.47 Å². The molecule has 0 radical (unpaired) electrons. The summed E-state index contributed by atoms with van der Waals surface area (Å²) in [4.78, 5) is 34.0. The second kappa shape index (κ2) is 5.28. The average Bonchev–Trinajstić information content (AvgIpc) is 2.33. The maximum atomic E-state index is 11.8. The van der Waals surface area contributed by atoms with Crippen LogP contribution in [0.3, 0.4) is 0 Å². The van der Waals surface area contributed by atoms with Crippen molar-refractivity contribution in [3.63, 3.8) is 0 Å². The first-order valence-electron chi connectivity index (χ1n) is 5.82. The van der Waals surface area contributed by atoms with E-state index >= 15 is 0 Å². The molecule has 1 heterocycles. The molecule has 0 aromatic heterocycles. The van der Waals surface area contributed by atoms with Gasteiger partial charge in [0.05, 0.1) is 10.5 Å². The Labute approximate surface area is 127 Å². The van der Waals surface area contributed by atoms with Crippen LogP contribution < -0.4 is 0 Å². The van der Waals surface area contributed by atoms with E-state index in [0.29, 0.717) is 4.47 Å². The number of nitro benzene ring substituents is 1. The van der Waals surface area contributed by atoms with Crippen molar-refractivity contribution in [2.24, 2.45) is 0 Å². The number of hydrogen-bond donors (Lipinski definition) is 0. The molecule has 7 nitrogen and oxygen atoms in total. The Hall–Kier alpha value is -2.22. The van der Waals surface area contributed by atoms with Crippen LogP contribution in [0.1, 0.15) is 19.4 Å². The highest BCUT2D eigenvalue weighted by Crippen LogP contribution is 2.28. The van der Waals surface area contributed by atoms with Gasteiger partial charge in [-0.15, -0.1) is 0 Å². The quantitative estimate of drug-likeness (QED) is 0.266. The van der Waals surface area contributed by atoms with Crippen LogP contribution >= 0.6 is 15.9 Å². The third-order valence-corrected chi connectivity index (χ3v) is 3.10. The molecule has 0 bridgehead atoms. The Balaban J connectivity index is 2.47. The maximum absolute atomic E-state index is 11.8. The molecule has 1 aliphatic rings. The van der Waals surface area contributed by atoms with Crippen molar-refractivity contribution in [2.75, 3.05) is 0 Å². The normalized spacial score (nSPS) is 17.0. The third kappa shape index (κ3) is 3.27. The topological polar surface area (TPSA) is 95.7 Å². The number of rotatable bonds is 2. The van der Waals surface area contributed by atoms with Crippen LogP contribution in [0, 0.1) is 10.1 Å². The molecule has 21 heavy (non-hydrogen) atoms. The van der Waals surface area contributed by atoms with Gasteiger partial charge in [-0.3, -0.25) is 10.1 Å². The number of cyclic esters (lactones) is 2. The Morgan fingerprint density at radius 3 is 2.33 bits per heavy atom. The number of esters is 2. The molecule has 1 aromatic rings. The molecule has 0 amide bonds. The highest BCUT2D eigenvalue weighted by atomic mass is 79.9. The Kier molecular flexibility index (Phi) is 3.82. The number of benzene rings is 1. The van der Waals surface area contributed by atoms with Crippen LogP contribution in [-0.4, -0.2) is 22.6 Å². The SMILES string of the molecule is CC1(C)OC(=O)C(=Cc2ccc(Br)cc2[N+](=O)[O-])C(=O)O1. The molecular weight excluding hydrogens is 346 g/mol. The second-order valence-corrected chi connectivity index (χ2v) is 5.61. The lowest BCUT2D eigenvalue weighted by Gasteiger charge is -2.29. The highest BCUT2D eigenvalue weighted by Gasteiger charge is 2.39. The van der Waals surface area contributed by atoms with Gasteiger partial charge in [0.15, 0.2) is 0 Å². The molecule has 0 unspecified atom stereocenters. The smallest absolute Gasteiger partial charge is 0.348 e. The van der Waals surface area contributed by atoms with Gasteiger partial charge in [-0.2, -0.15) is 0 Å². The van der Waals surface area contributed by atoms with Crippen molar-refractivity contribution in [1.82, 2.24) is 0 Å². The number of ether oxygens (including phenoxy) is 2. The van der Waals surface area contributed by atoms with Gasteiger partial charge in [-0.25, -0.2) is 9.59 Å². The van der Waals surface area contributed by atoms with Crippen molar-refractivity contribution in [1.29, 1.82) is 0 Å². The first kappa shape index (κ1) is 15.2. The summed E-state index contributed by atoms with van der Waals surface area (Å²) in [6.45, 7) is 2.84. The standard InChI is InChI=1S/C13H10BrNO6/c1-13(2)20-11(16)9(12(17)21-13)5-7-3-4-8(14)6-10(7)15(18)19/h3-6H,1-2H3. The van der Waals surface area contributed by atoms with E-state index in [9.17, 15) is 19.7 Å². The van der Waals surface area contributed by atoms with Gasteiger partial charge in [-0.05, 0) is 18.2 Å². The first-order chi connectivity index (χ1) is 9.69. The van der Waals surface area contributed by atoms with Gasteiger partial charge in [0.1, 0.15) is 5.57 Å². The molecular formula is C13H10BrNO6. The number of carbonyl (C=O) groups excluding carboxylic acids is 2. The van der Waals surface area contributed by atoms with Crippen LogP contribution in [0.25, 0.3) is 6.08 Å². The molecule has 0 spiro atoms. The summed E-state index contributed by atoms with van der Waals surface area (Å²) in [5, 5.41) is 11.0. The molecule has 0 N–H and O–H groups in total. The summed E-state index contributed by atoms with van der Waals surface area (Å²) in [6, 6.07) is 4.24. The summed E-state index contributed by atoms with van der Waals surface area (Å²) in [5.41, 5.74) is -0.533. The summed E-state index contributed by atoms with van der Waals surface area (Å²) < 4.78 is 10.4. The predicted molar refractivity (Wildman–Crippen MR) is 75.0 cm³/mol. The number of nitro groups is 1. The minimum absolute atomic E-state index is 0.104. The first-order valence-corrected chi connectivity index (χ1v) is 6.61. The lowest BCUT2D eigenvalue weighted by atomic mass is 10.1. The average molecular weight is 356 g/mol. The molecule has 0 atom stereocenters. The molecule has 1 aromatic carbocycles. The fraction of sp³-hybridized carbons (Fsp3) is 0.231. The number of nitrogens with zero attached hydrogens (tertiary/aromatic N) is 1. The van der Waals surface area contributed by atoms with E-state index in [2.05, 4.69) is 15.9 Å². The molecule has 0 saturated carbocycles. The fourth-order valence-corrected chi connectivity index (χ4v) is 2.08. The lowest BCUT2D eigenvalue weighted by molar-refractivity contribution is -0.385. The van der Waals surface area contributed by atoms with E-state index in [1.165, 1.54) is 26.0 Å². The third-order valence-electron chi connectivity index (χ3n) is 2.61. The van der Waals surface area contributed by atoms with E-state index in [0.717, 1.165) is 6.08 Å². The highest BCUT2D eigenvalue weighted by molar-refractivity contribution is 9.10. The van der Waals surface area contributed by atoms with Crippen LogP contribution in [-0.2, 0) is 19.1 Å². The number of hydrogen-bond acceptors (Lipinski definition) is 6. The molecule has 1 saturated heterocycles. The summed E-state index contributed by atoms with van der Waals surface area (Å²) >= 11 is 3.12. The summed E-state index contributed by atoms with van der Waals surface area (Å²) in [7, 11) is 0. The maximum Gasteiger partial charge on any atom is 0.348 e. The fourth-order valence-electron chi connectivity index (χ4n) is 1.73. The van der Waals surface area contributed by atoms with Crippen LogP contribution in [0.4, 0.5) is 5.69 Å². The van der Waals surface area contributed by atoms with Crippen molar-refractivity contribution < 1.29 is 24.0 Å². The monoisotopic (exact) mass is 355 g/mol. The zero-order valence-electron chi connectivity index (χ0n) is 11.1. The van der Waals surface area contributed by atoms with Crippen molar-refractivity contribution in [3.05, 3.63) is 43.9 Å². The minimum Gasteiger partial charge on any atom is -0.419 e. The van der Waals surface area contributed by atoms with E-state index in [-0.39, 0.29) is 16.8 Å². The molecule has 1 fully saturated rings. The number of halogens is 1. The van der Waals surface area contributed by atoms with E-state index in [1.54, 1.807) is 6.07 Å². The zero-order valence-corrected chi connectivity index (χ0v) is 12.7. The van der Waals surface area contributed by atoms with Crippen molar-refractivity contribution in [2.45, 2.75) is 19.6 Å². The molecule has 8 heteroatoms.